The van der Waals surface area contributed by atoms with Crippen molar-refractivity contribution in [2.24, 2.45) is 0 Å². The topological polar surface area (TPSA) is 103 Å². The van der Waals surface area contributed by atoms with E-state index < -0.39 is 0 Å². The summed E-state index contributed by atoms with van der Waals surface area (Å²) in [5, 5.41) is 2.01. The average molecular weight is 860 g/mol. The maximum Gasteiger partial charge on any atom is 1.00 e. The molecule has 3 radical (unpaired) electrons. The van der Waals surface area contributed by atoms with Crippen LogP contribution in [0.2, 0.25) is 0 Å². The third-order valence-electron chi connectivity index (χ3n) is 9.40. The molecule has 0 amide bonds. The monoisotopic (exact) mass is 858 g/mol. The maximum atomic E-state index is 12.4. The smallest absolute Gasteiger partial charge is 1.00 e. The van der Waals surface area contributed by atoms with Crippen LogP contribution in [0.5, 0.6) is 23.0 Å². The van der Waals surface area contributed by atoms with Crippen LogP contribution in [0.15, 0.2) is 121 Å². The van der Waals surface area contributed by atoms with Gasteiger partial charge in [0.05, 0.1) is 30.7 Å². The number of rotatable bonds is 4. The van der Waals surface area contributed by atoms with E-state index in [-0.39, 0.29) is 80.5 Å². The molecular weight excluding hydrogens is 817 g/mol. The number of halogens is 3. The number of ether oxygens (including phenoxy) is 4. The van der Waals surface area contributed by atoms with Crippen molar-refractivity contribution >= 4 is 55.7 Å². The van der Waals surface area contributed by atoms with Gasteiger partial charge in [0.15, 0.2) is 0 Å². The molecule has 2 heterocycles. The Morgan fingerprint density at radius 1 is 0.627 bits per heavy atom. The van der Waals surface area contributed by atoms with Crippen LogP contribution >= 0.6 is 23.2 Å². The predicted octanol–water partition coefficient (Wildman–Crippen LogP) is 3.26. The molecule has 0 atom stereocenters. The van der Waals surface area contributed by atoms with E-state index in [1.54, 1.807) is 6.07 Å². The second-order valence-corrected chi connectivity index (χ2v) is 13.9. The van der Waals surface area contributed by atoms with Gasteiger partial charge in [0.2, 0.25) is 0 Å². The fourth-order valence-electron chi connectivity index (χ4n) is 6.92. The van der Waals surface area contributed by atoms with E-state index in [1.165, 1.54) is 14.2 Å². The van der Waals surface area contributed by atoms with E-state index in [4.69, 9.17) is 42.1 Å². The van der Waals surface area contributed by atoms with Crippen molar-refractivity contribution in [3.63, 3.8) is 0 Å². The van der Waals surface area contributed by atoms with E-state index in [2.05, 4.69) is 30.8 Å². The Bertz CT molecular complexity index is 2500. The first-order valence-corrected chi connectivity index (χ1v) is 18.6. The van der Waals surface area contributed by atoms with Crippen molar-refractivity contribution < 1.29 is 77.4 Å². The standard InChI is InChI=1S/C23H20O3.C23H18O3.CH2Cl2.B.ClH.Na.H2O.H/c2*1-14-8-10-18-20(12-14)26-21-13-15(2)9-11-19(21)22(18)16-6-4-5-7-17(16)23(24)25-3;2-1-3;;;;;/h4-13,22H,1-3H3;4-13H,1H2,2-3H3;1H2;;1H;;1H2;/q;;;;;+1;;-1/p-1. The number of hydrogen-bond acceptors (Lipinski definition) is 6. The zero-order chi connectivity index (χ0) is 39.2. The van der Waals surface area contributed by atoms with Crippen LogP contribution in [0.4, 0.5) is 0 Å². The van der Waals surface area contributed by atoms with Crippen LogP contribution in [-0.4, -0.2) is 45.4 Å². The van der Waals surface area contributed by atoms with Crippen molar-refractivity contribution in [1.29, 1.82) is 0 Å². The molecule has 0 unspecified atom stereocenters. The van der Waals surface area contributed by atoms with Crippen molar-refractivity contribution in [2.75, 3.05) is 19.6 Å². The summed E-state index contributed by atoms with van der Waals surface area (Å²) in [5.41, 5.74) is 10.3. The van der Waals surface area contributed by atoms with E-state index in [0.29, 0.717) is 11.1 Å². The summed E-state index contributed by atoms with van der Waals surface area (Å²) < 4.78 is 22.3. The molecule has 0 aliphatic carbocycles. The molecule has 2 N–H and O–H groups in total. The molecule has 7 nitrogen and oxygen atoms in total. The number of carbonyl (C=O) groups excluding carboxylic acids is 2. The van der Waals surface area contributed by atoms with Crippen LogP contribution in [0.1, 0.15) is 72.6 Å². The Hall–Kier alpha value is -4.51. The van der Waals surface area contributed by atoms with Crippen molar-refractivity contribution in [2.45, 2.75) is 26.7 Å². The van der Waals surface area contributed by atoms with Crippen LogP contribution in [0.3, 0.4) is 0 Å². The average Bonchev–Trinajstić information content (AvgIpc) is 3.18. The number of alkyl halides is 2. The molecule has 6 aromatic carbocycles. The van der Waals surface area contributed by atoms with Gasteiger partial charge in [-0.05, 0) is 90.2 Å². The van der Waals surface area contributed by atoms with Crippen LogP contribution in [-0.2, 0) is 9.47 Å². The van der Waals surface area contributed by atoms with E-state index in [1.807, 2.05) is 112 Å². The van der Waals surface area contributed by atoms with Gasteiger partial charge in [-0.2, -0.15) is 0 Å². The summed E-state index contributed by atoms with van der Waals surface area (Å²) in [7, 11) is 2.81. The molecule has 0 saturated heterocycles. The number of hydrogen-bond donors (Lipinski definition) is 0. The van der Waals surface area contributed by atoms with E-state index in [0.717, 1.165) is 83.5 Å². The van der Waals surface area contributed by atoms with Crippen molar-refractivity contribution in [3.05, 3.63) is 187 Å². The summed E-state index contributed by atoms with van der Waals surface area (Å²) in [6, 6.07) is 39.5. The minimum absolute atomic E-state index is 0. The number of carbonyl (C=O) groups is 2. The minimum atomic E-state index is -0.358. The van der Waals surface area contributed by atoms with E-state index in [9.17, 15) is 9.59 Å². The fraction of sp³-hybridized carbons (Fsp3) is 0.149. The molecule has 2 aliphatic heterocycles. The number of fused-ring (bicyclic) bond motifs is 4. The molecule has 0 saturated carbocycles. The fourth-order valence-corrected chi connectivity index (χ4v) is 6.92. The Morgan fingerprint density at radius 2 is 1.10 bits per heavy atom. The van der Waals surface area contributed by atoms with Gasteiger partial charge in [0.25, 0.3) is 0 Å². The Balaban J connectivity index is 0.000000522. The number of aryl methyl sites for hydroxylation is 3. The third kappa shape index (κ3) is 11.0. The molecule has 59 heavy (non-hydrogen) atoms. The van der Waals surface area contributed by atoms with E-state index >= 15 is 0 Å². The van der Waals surface area contributed by atoms with Gasteiger partial charge in [0, 0.05) is 41.8 Å². The van der Waals surface area contributed by atoms with Crippen molar-refractivity contribution in [1.82, 2.24) is 0 Å². The molecule has 2 aliphatic rings. The second-order valence-electron chi connectivity index (χ2n) is 13.1. The number of benzene rings is 6. The molecule has 0 fully saturated rings. The summed E-state index contributed by atoms with van der Waals surface area (Å²) in [6.07, 6.45) is 0. The molecule has 299 valence electrons. The molecule has 12 heteroatoms. The van der Waals surface area contributed by atoms with Gasteiger partial charge >= 0.3 is 41.5 Å². The SMILES string of the molecule is C=c1ccc2c(c1)Oc1cc(C)ccc1C=2c1ccccc1C(=O)OC.COC(=O)c1ccccc1C1c2ccc(C)cc2Oc2cc(C)ccc21.ClCCl.O.[B].[Cl-].[H-].[Na+]. The van der Waals surface area contributed by atoms with Crippen LogP contribution < -0.4 is 61.9 Å². The van der Waals surface area contributed by atoms with Gasteiger partial charge in [-0.1, -0.05) is 91.5 Å². The minimum Gasteiger partial charge on any atom is -1.00 e. The predicted molar refractivity (Wildman–Crippen MR) is 230 cm³/mol. The molecule has 8 rings (SSSR count). The largest absolute Gasteiger partial charge is 1.00 e. The first-order chi connectivity index (χ1) is 26.6. The van der Waals surface area contributed by atoms with Crippen LogP contribution in [0, 0.1) is 20.8 Å². The molecule has 0 aromatic heterocycles. The first kappa shape index (κ1) is 50.6. The second kappa shape index (κ2) is 22.8. The summed E-state index contributed by atoms with van der Waals surface area (Å²) >= 11 is 9.53. The first-order valence-electron chi connectivity index (χ1n) is 17.6. The summed E-state index contributed by atoms with van der Waals surface area (Å²) in [5.74, 6) is 2.44. The van der Waals surface area contributed by atoms with Gasteiger partial charge < -0.3 is 38.3 Å². The Kier molecular flexibility index (Phi) is 19.5. The quantitative estimate of drug-likeness (QED) is 0.153. The Labute approximate surface area is 387 Å². The van der Waals surface area contributed by atoms with Gasteiger partial charge in [-0.15, -0.1) is 23.2 Å². The zero-order valence-corrected chi connectivity index (χ0v) is 38.0. The molecule has 0 bridgehead atoms. The maximum absolute atomic E-state index is 12.4. The van der Waals surface area contributed by atoms with Gasteiger partial charge in [-0.25, -0.2) is 9.59 Å². The zero-order valence-electron chi connectivity index (χ0n) is 34.7. The normalized spacial score (nSPS) is 11.2. The van der Waals surface area contributed by atoms with Gasteiger partial charge in [0.1, 0.15) is 23.0 Å². The molecule has 6 aromatic rings. The number of esters is 2. The van der Waals surface area contributed by atoms with Crippen molar-refractivity contribution in [3.8, 4) is 23.0 Å². The molecular formula is C47H43BCl3NaO7-. The number of methoxy groups -OCH3 is 2. The summed E-state index contributed by atoms with van der Waals surface area (Å²) in [6.45, 7) is 10.1. The summed E-state index contributed by atoms with van der Waals surface area (Å²) in [4.78, 5) is 24.7. The molecule has 0 spiro atoms. The van der Waals surface area contributed by atoms with Crippen LogP contribution in [0.25, 0.3) is 12.2 Å². The van der Waals surface area contributed by atoms with Gasteiger partial charge in [-0.3, -0.25) is 0 Å². The Morgan fingerprint density at radius 3 is 1.68 bits per heavy atom. The third-order valence-corrected chi connectivity index (χ3v) is 9.40.